The predicted octanol–water partition coefficient (Wildman–Crippen LogP) is 2.02. The molecular formula is C8H10N2OS. The monoisotopic (exact) mass is 182 g/mol. The summed E-state index contributed by atoms with van der Waals surface area (Å²) in [5, 5.41) is 2.90. The molecule has 0 fully saturated rings. The van der Waals surface area contributed by atoms with Crippen LogP contribution in [0.5, 0.6) is 0 Å². The molecule has 0 bridgehead atoms. The summed E-state index contributed by atoms with van der Waals surface area (Å²) in [5.41, 5.74) is 0.292. The number of rotatable bonds is 2. The Kier molecular flexibility index (Phi) is 2.40. The lowest BCUT2D eigenvalue weighted by Crippen LogP contribution is -2.13. The second-order valence-electron chi connectivity index (χ2n) is 3.01. The summed E-state index contributed by atoms with van der Waals surface area (Å²) in [4.78, 5) is 18.0. The molecule has 3 nitrogen and oxygen atoms in total. The molecule has 0 saturated carbocycles. The van der Waals surface area contributed by atoms with Gasteiger partial charge in [-0.1, -0.05) is 0 Å². The van der Waals surface area contributed by atoms with E-state index in [1.54, 1.807) is 17.4 Å². The first kappa shape index (κ1) is 9.10. The number of aromatic nitrogens is 1. The van der Waals surface area contributed by atoms with E-state index in [4.69, 9.17) is 0 Å². The van der Waals surface area contributed by atoms with Crippen molar-refractivity contribution in [2.24, 2.45) is 4.99 Å². The van der Waals surface area contributed by atoms with Crippen molar-refractivity contribution in [3.05, 3.63) is 16.1 Å². The highest BCUT2D eigenvalue weighted by atomic mass is 32.1. The van der Waals surface area contributed by atoms with Gasteiger partial charge in [0.05, 0.1) is 10.7 Å². The van der Waals surface area contributed by atoms with E-state index >= 15 is 0 Å². The first-order valence-electron chi connectivity index (χ1n) is 3.58. The number of hydrogen-bond donors (Lipinski definition) is 0. The van der Waals surface area contributed by atoms with Crippen LogP contribution in [0.25, 0.3) is 0 Å². The van der Waals surface area contributed by atoms with Gasteiger partial charge in [-0.15, -0.1) is 11.3 Å². The van der Waals surface area contributed by atoms with Crippen molar-refractivity contribution in [2.45, 2.75) is 26.3 Å². The fourth-order valence-corrected chi connectivity index (χ4v) is 1.59. The highest BCUT2D eigenvalue weighted by Crippen LogP contribution is 2.24. The van der Waals surface area contributed by atoms with Crippen LogP contribution >= 0.6 is 11.3 Å². The van der Waals surface area contributed by atoms with Gasteiger partial charge in [-0.05, 0) is 20.8 Å². The van der Waals surface area contributed by atoms with E-state index in [0.717, 1.165) is 10.7 Å². The number of thiazole rings is 1. The first-order chi connectivity index (χ1) is 5.56. The second kappa shape index (κ2) is 3.17. The zero-order chi connectivity index (χ0) is 9.19. The molecule has 0 unspecified atom stereocenters. The molecule has 0 saturated heterocycles. The summed E-state index contributed by atoms with van der Waals surface area (Å²) in [6.45, 7) is 5.60. The van der Waals surface area contributed by atoms with Crippen LogP contribution in [-0.2, 0) is 10.3 Å². The van der Waals surface area contributed by atoms with Crippen LogP contribution in [0, 0.1) is 6.92 Å². The van der Waals surface area contributed by atoms with Crippen LogP contribution in [0.3, 0.4) is 0 Å². The van der Waals surface area contributed by atoms with Gasteiger partial charge in [0, 0.05) is 5.38 Å². The summed E-state index contributed by atoms with van der Waals surface area (Å²) >= 11 is 1.56. The molecule has 1 rings (SSSR count). The Labute approximate surface area is 75.2 Å². The Bertz CT molecular complexity index is 324. The Balaban J connectivity index is 3.04. The Morgan fingerprint density at radius 3 is 2.75 bits per heavy atom. The third kappa shape index (κ3) is 1.78. The number of aryl methyl sites for hydroxylation is 1. The molecule has 12 heavy (non-hydrogen) atoms. The lowest BCUT2D eigenvalue weighted by Gasteiger charge is -2.13. The maximum atomic E-state index is 10.1. The molecule has 1 aromatic heterocycles. The zero-order valence-electron chi connectivity index (χ0n) is 7.29. The van der Waals surface area contributed by atoms with Gasteiger partial charge >= 0.3 is 0 Å². The van der Waals surface area contributed by atoms with E-state index < -0.39 is 5.54 Å². The van der Waals surface area contributed by atoms with Crippen molar-refractivity contribution in [3.63, 3.8) is 0 Å². The number of hydrogen-bond acceptors (Lipinski definition) is 4. The minimum atomic E-state index is -0.535. The molecule has 0 N–H and O–H groups in total. The Morgan fingerprint density at radius 2 is 2.33 bits per heavy atom. The molecule has 1 heterocycles. The van der Waals surface area contributed by atoms with Crippen molar-refractivity contribution >= 4 is 17.4 Å². The number of carbonyl (C=O) groups excluding carboxylic acids is 1. The maximum Gasteiger partial charge on any atom is 0.235 e. The standard InChI is InChI=1S/C8H10N2OS/c1-6-10-7(4-12-6)8(2,3)9-5-11/h4H,1-3H3. The van der Waals surface area contributed by atoms with Gasteiger partial charge in [0.2, 0.25) is 6.08 Å². The molecule has 0 atom stereocenters. The molecule has 0 aliphatic carbocycles. The van der Waals surface area contributed by atoms with Crippen molar-refractivity contribution < 1.29 is 4.79 Å². The molecule has 64 valence electrons. The van der Waals surface area contributed by atoms with Gasteiger partial charge in [-0.3, -0.25) is 0 Å². The quantitative estimate of drug-likeness (QED) is 0.518. The van der Waals surface area contributed by atoms with E-state index in [1.165, 1.54) is 0 Å². The number of isocyanates is 1. The molecule has 0 radical (unpaired) electrons. The van der Waals surface area contributed by atoms with Crippen molar-refractivity contribution in [1.82, 2.24) is 4.98 Å². The maximum absolute atomic E-state index is 10.1. The summed E-state index contributed by atoms with van der Waals surface area (Å²) in [6, 6.07) is 0. The Hall–Kier alpha value is -0.990. The third-order valence-electron chi connectivity index (χ3n) is 1.57. The van der Waals surface area contributed by atoms with E-state index in [0.29, 0.717) is 0 Å². The summed E-state index contributed by atoms with van der Waals surface area (Å²) in [6.07, 6.45) is 1.56. The highest BCUT2D eigenvalue weighted by Gasteiger charge is 2.21. The van der Waals surface area contributed by atoms with Crippen LogP contribution in [0.1, 0.15) is 24.5 Å². The van der Waals surface area contributed by atoms with Gasteiger partial charge in [-0.25, -0.2) is 9.78 Å². The van der Waals surface area contributed by atoms with E-state index in [9.17, 15) is 4.79 Å². The van der Waals surface area contributed by atoms with Crippen LogP contribution in [0.15, 0.2) is 10.4 Å². The van der Waals surface area contributed by atoms with Gasteiger partial charge in [-0.2, -0.15) is 4.99 Å². The summed E-state index contributed by atoms with van der Waals surface area (Å²) in [7, 11) is 0. The first-order valence-corrected chi connectivity index (χ1v) is 4.46. The molecule has 0 aliphatic rings. The normalized spacial score (nSPS) is 10.9. The summed E-state index contributed by atoms with van der Waals surface area (Å²) in [5.74, 6) is 0. The van der Waals surface area contributed by atoms with E-state index in [-0.39, 0.29) is 0 Å². The molecule has 0 aliphatic heterocycles. The fraction of sp³-hybridized carbons (Fsp3) is 0.500. The minimum absolute atomic E-state index is 0.535. The molecule has 0 amide bonds. The second-order valence-corrected chi connectivity index (χ2v) is 4.08. The van der Waals surface area contributed by atoms with Crippen molar-refractivity contribution in [2.75, 3.05) is 0 Å². The molecule has 4 heteroatoms. The molecule has 1 aromatic rings. The third-order valence-corrected chi connectivity index (χ3v) is 2.34. The lowest BCUT2D eigenvalue weighted by molar-refractivity contribution is 0.514. The largest absolute Gasteiger partial charge is 0.244 e. The summed E-state index contributed by atoms with van der Waals surface area (Å²) < 4.78 is 0. The fourth-order valence-electron chi connectivity index (χ4n) is 0.816. The zero-order valence-corrected chi connectivity index (χ0v) is 8.10. The van der Waals surface area contributed by atoms with Crippen molar-refractivity contribution in [1.29, 1.82) is 0 Å². The topological polar surface area (TPSA) is 42.3 Å². The van der Waals surface area contributed by atoms with Crippen LogP contribution in [0.4, 0.5) is 0 Å². The van der Waals surface area contributed by atoms with E-state index in [2.05, 4.69) is 9.98 Å². The van der Waals surface area contributed by atoms with Gasteiger partial charge in [0.15, 0.2) is 0 Å². The number of aliphatic imine (C=N–C) groups is 1. The smallest absolute Gasteiger partial charge is 0.235 e. The molecule has 0 spiro atoms. The van der Waals surface area contributed by atoms with Crippen molar-refractivity contribution in [3.8, 4) is 0 Å². The average Bonchev–Trinajstić information content (AvgIpc) is 2.36. The Morgan fingerprint density at radius 1 is 1.67 bits per heavy atom. The molecule has 0 aromatic carbocycles. The SMILES string of the molecule is Cc1nc(C(C)(C)N=C=O)cs1. The van der Waals surface area contributed by atoms with Gasteiger partial charge in [0.25, 0.3) is 0 Å². The van der Waals surface area contributed by atoms with Crippen LogP contribution in [-0.4, -0.2) is 11.1 Å². The van der Waals surface area contributed by atoms with E-state index in [1.807, 2.05) is 26.2 Å². The van der Waals surface area contributed by atoms with Gasteiger partial charge < -0.3 is 0 Å². The minimum Gasteiger partial charge on any atom is -0.244 e. The van der Waals surface area contributed by atoms with Crippen LogP contribution < -0.4 is 0 Å². The number of nitrogens with zero attached hydrogens (tertiary/aromatic N) is 2. The average molecular weight is 182 g/mol. The van der Waals surface area contributed by atoms with Gasteiger partial charge in [0.1, 0.15) is 5.54 Å². The lowest BCUT2D eigenvalue weighted by atomic mass is 10.0. The van der Waals surface area contributed by atoms with Crippen LogP contribution in [0.2, 0.25) is 0 Å². The highest BCUT2D eigenvalue weighted by molar-refractivity contribution is 7.09. The molecular weight excluding hydrogens is 172 g/mol. The predicted molar refractivity (Wildman–Crippen MR) is 48.0 cm³/mol.